The van der Waals surface area contributed by atoms with Gasteiger partial charge in [0.1, 0.15) is 0 Å². The first kappa shape index (κ1) is 12.7. The zero-order chi connectivity index (χ0) is 11.8. The van der Waals surface area contributed by atoms with Crippen molar-refractivity contribution in [2.45, 2.75) is 20.3 Å². The number of rotatable bonds is 6. The molecule has 3 nitrogen and oxygen atoms in total. The van der Waals surface area contributed by atoms with E-state index in [2.05, 4.69) is 28.9 Å². The Labute approximate surface area is 97.7 Å². The summed E-state index contributed by atoms with van der Waals surface area (Å²) >= 11 is 0. The molecule has 0 fully saturated rings. The Bertz CT molecular complexity index is 329. The molecule has 1 rings (SSSR count). The van der Waals surface area contributed by atoms with Crippen LogP contribution in [0, 0.1) is 17.2 Å². The van der Waals surface area contributed by atoms with Gasteiger partial charge in [-0.3, -0.25) is 4.98 Å². The van der Waals surface area contributed by atoms with Gasteiger partial charge in [0.15, 0.2) is 0 Å². The molecule has 0 aliphatic heterocycles. The van der Waals surface area contributed by atoms with Crippen molar-refractivity contribution in [2.24, 2.45) is 5.92 Å². The van der Waals surface area contributed by atoms with E-state index in [1.165, 1.54) is 5.56 Å². The van der Waals surface area contributed by atoms with Crippen LogP contribution in [0.2, 0.25) is 0 Å². The molecule has 0 N–H and O–H groups in total. The Morgan fingerprint density at radius 1 is 1.56 bits per heavy atom. The molecule has 3 heteroatoms. The largest absolute Gasteiger partial charge is 0.302 e. The van der Waals surface area contributed by atoms with Crippen LogP contribution in [-0.2, 0) is 6.42 Å². The van der Waals surface area contributed by atoms with Crippen LogP contribution in [0.1, 0.15) is 19.4 Å². The average Bonchev–Trinajstić information content (AvgIpc) is 2.35. The van der Waals surface area contributed by atoms with Crippen LogP contribution in [0.25, 0.3) is 0 Å². The fourth-order valence-corrected chi connectivity index (χ4v) is 1.64. The minimum atomic E-state index is 0.105. The number of nitriles is 1. The second-order valence-electron chi connectivity index (χ2n) is 4.03. The number of hydrogen-bond acceptors (Lipinski definition) is 3. The van der Waals surface area contributed by atoms with Gasteiger partial charge in [0.2, 0.25) is 0 Å². The van der Waals surface area contributed by atoms with E-state index < -0.39 is 0 Å². The van der Waals surface area contributed by atoms with Gasteiger partial charge in [-0.2, -0.15) is 5.26 Å². The first-order chi connectivity index (χ1) is 7.76. The van der Waals surface area contributed by atoms with E-state index in [0.717, 1.165) is 26.1 Å². The van der Waals surface area contributed by atoms with Crippen molar-refractivity contribution >= 4 is 0 Å². The lowest BCUT2D eigenvalue weighted by Gasteiger charge is -2.21. The highest BCUT2D eigenvalue weighted by atomic mass is 15.1. The van der Waals surface area contributed by atoms with Gasteiger partial charge in [0, 0.05) is 25.5 Å². The molecule has 0 saturated carbocycles. The van der Waals surface area contributed by atoms with E-state index in [9.17, 15) is 0 Å². The topological polar surface area (TPSA) is 39.9 Å². The van der Waals surface area contributed by atoms with Gasteiger partial charge in [-0.15, -0.1) is 0 Å². The van der Waals surface area contributed by atoms with Crippen molar-refractivity contribution in [3.63, 3.8) is 0 Å². The standard InChI is InChI=1S/C13H19N3/c1-3-16(11-12(2)9-14)8-6-13-5-4-7-15-10-13/h4-5,7,10,12H,3,6,8,11H2,1-2H3. The van der Waals surface area contributed by atoms with Crippen molar-refractivity contribution in [1.29, 1.82) is 5.26 Å². The first-order valence-corrected chi connectivity index (χ1v) is 5.77. The summed E-state index contributed by atoms with van der Waals surface area (Å²) in [7, 11) is 0. The molecule has 1 unspecified atom stereocenters. The molecular formula is C13H19N3. The molecule has 1 heterocycles. The van der Waals surface area contributed by atoms with Crippen LogP contribution in [0.15, 0.2) is 24.5 Å². The third-order valence-corrected chi connectivity index (χ3v) is 2.64. The number of likely N-dealkylation sites (N-methyl/N-ethyl adjacent to an activating group) is 1. The lowest BCUT2D eigenvalue weighted by Crippen LogP contribution is -2.30. The van der Waals surface area contributed by atoms with E-state index in [4.69, 9.17) is 5.26 Å². The van der Waals surface area contributed by atoms with Gasteiger partial charge in [-0.1, -0.05) is 13.0 Å². The van der Waals surface area contributed by atoms with E-state index >= 15 is 0 Å². The second-order valence-corrected chi connectivity index (χ2v) is 4.03. The zero-order valence-corrected chi connectivity index (χ0v) is 10.1. The summed E-state index contributed by atoms with van der Waals surface area (Å²) in [5, 5.41) is 8.78. The summed E-state index contributed by atoms with van der Waals surface area (Å²) < 4.78 is 0. The summed E-state index contributed by atoms with van der Waals surface area (Å²) in [4.78, 5) is 6.40. The summed E-state index contributed by atoms with van der Waals surface area (Å²) in [6, 6.07) is 6.33. The van der Waals surface area contributed by atoms with Gasteiger partial charge < -0.3 is 4.90 Å². The Kier molecular flexibility index (Phi) is 5.52. The lowest BCUT2D eigenvalue weighted by molar-refractivity contribution is 0.271. The number of pyridine rings is 1. The zero-order valence-electron chi connectivity index (χ0n) is 10.1. The molecule has 0 spiro atoms. The van der Waals surface area contributed by atoms with Crippen molar-refractivity contribution in [3.8, 4) is 6.07 Å². The van der Waals surface area contributed by atoms with E-state index in [1.54, 1.807) is 6.20 Å². The fourth-order valence-electron chi connectivity index (χ4n) is 1.64. The van der Waals surface area contributed by atoms with Crippen LogP contribution in [0.5, 0.6) is 0 Å². The van der Waals surface area contributed by atoms with Crippen LogP contribution in [0.3, 0.4) is 0 Å². The predicted octanol–water partition coefficient (Wildman–Crippen LogP) is 2.11. The van der Waals surface area contributed by atoms with Gasteiger partial charge in [-0.25, -0.2) is 0 Å². The predicted molar refractivity (Wildman–Crippen MR) is 64.8 cm³/mol. The molecule has 0 amide bonds. The van der Waals surface area contributed by atoms with Crippen molar-refractivity contribution in [1.82, 2.24) is 9.88 Å². The van der Waals surface area contributed by atoms with Crippen molar-refractivity contribution in [2.75, 3.05) is 19.6 Å². The number of nitrogens with zero attached hydrogens (tertiary/aromatic N) is 3. The third kappa shape index (κ3) is 4.41. The summed E-state index contributed by atoms with van der Waals surface area (Å²) in [6.45, 7) is 6.94. The molecule has 0 saturated heterocycles. The quantitative estimate of drug-likeness (QED) is 0.732. The van der Waals surface area contributed by atoms with E-state index in [0.29, 0.717) is 0 Å². The van der Waals surface area contributed by atoms with Gasteiger partial charge in [-0.05, 0) is 31.5 Å². The Morgan fingerprint density at radius 3 is 2.94 bits per heavy atom. The first-order valence-electron chi connectivity index (χ1n) is 5.77. The van der Waals surface area contributed by atoms with Gasteiger partial charge in [0.05, 0.1) is 12.0 Å². The Balaban J connectivity index is 2.38. The van der Waals surface area contributed by atoms with Crippen molar-refractivity contribution in [3.05, 3.63) is 30.1 Å². The second kappa shape index (κ2) is 6.97. The monoisotopic (exact) mass is 217 g/mol. The van der Waals surface area contributed by atoms with Crippen LogP contribution in [0.4, 0.5) is 0 Å². The minimum absolute atomic E-state index is 0.105. The van der Waals surface area contributed by atoms with Gasteiger partial charge >= 0.3 is 0 Å². The third-order valence-electron chi connectivity index (χ3n) is 2.64. The minimum Gasteiger partial charge on any atom is -0.302 e. The number of hydrogen-bond donors (Lipinski definition) is 0. The molecule has 1 aromatic heterocycles. The highest BCUT2D eigenvalue weighted by Crippen LogP contribution is 2.02. The molecule has 86 valence electrons. The molecule has 1 atom stereocenters. The summed E-state index contributed by atoms with van der Waals surface area (Å²) in [5.74, 6) is 0.105. The maximum Gasteiger partial charge on any atom is 0.0666 e. The fraction of sp³-hybridized carbons (Fsp3) is 0.538. The van der Waals surface area contributed by atoms with E-state index in [-0.39, 0.29) is 5.92 Å². The molecule has 0 aromatic carbocycles. The maximum atomic E-state index is 8.78. The molecule has 0 aliphatic rings. The summed E-state index contributed by atoms with van der Waals surface area (Å²) in [6.07, 6.45) is 4.69. The highest BCUT2D eigenvalue weighted by molar-refractivity contribution is 5.08. The average molecular weight is 217 g/mol. The van der Waals surface area contributed by atoms with E-state index in [1.807, 2.05) is 19.2 Å². The summed E-state index contributed by atoms with van der Waals surface area (Å²) in [5.41, 5.74) is 1.26. The normalized spacial score (nSPS) is 12.4. The van der Waals surface area contributed by atoms with Crippen LogP contribution >= 0.6 is 0 Å². The maximum absolute atomic E-state index is 8.78. The molecule has 0 bridgehead atoms. The van der Waals surface area contributed by atoms with Crippen LogP contribution < -0.4 is 0 Å². The van der Waals surface area contributed by atoms with Crippen LogP contribution in [-0.4, -0.2) is 29.5 Å². The molecule has 16 heavy (non-hydrogen) atoms. The molecule has 0 radical (unpaired) electrons. The smallest absolute Gasteiger partial charge is 0.0666 e. The van der Waals surface area contributed by atoms with Crippen molar-refractivity contribution < 1.29 is 0 Å². The lowest BCUT2D eigenvalue weighted by atomic mass is 10.1. The SMILES string of the molecule is CCN(CCc1cccnc1)CC(C)C#N. The Morgan fingerprint density at radius 2 is 2.38 bits per heavy atom. The number of aromatic nitrogens is 1. The van der Waals surface area contributed by atoms with Gasteiger partial charge in [0.25, 0.3) is 0 Å². The Hall–Kier alpha value is -1.40. The highest BCUT2D eigenvalue weighted by Gasteiger charge is 2.07. The molecule has 1 aromatic rings. The molecule has 0 aliphatic carbocycles. The molecular weight excluding hydrogens is 198 g/mol.